The molecule has 0 fully saturated rings. The van der Waals surface area contributed by atoms with E-state index in [9.17, 15) is 19.2 Å². The van der Waals surface area contributed by atoms with Crippen LogP contribution in [-0.2, 0) is 19.2 Å². The Morgan fingerprint density at radius 3 is 1.65 bits per heavy atom. The Morgan fingerprint density at radius 1 is 0.806 bits per heavy atom. The zero-order chi connectivity index (χ0) is 23.4. The monoisotopic (exact) mass is 456 g/mol. The van der Waals surface area contributed by atoms with Crippen LogP contribution in [0.5, 0.6) is 0 Å². The maximum absolute atomic E-state index is 11.7. The molecule has 0 saturated carbocycles. The normalized spacial score (nSPS) is 11.8. The first kappa shape index (κ1) is 34.5. The minimum atomic E-state index is -1.19. The third-order valence-corrected chi connectivity index (χ3v) is 4.59. The number of carboxylic acid groups (broad SMARTS) is 3. The van der Waals surface area contributed by atoms with Crippen molar-refractivity contribution in [2.24, 2.45) is 0 Å². The minimum Gasteiger partial charge on any atom is -1.00 e. The molecule has 9 nitrogen and oxygen atoms in total. The van der Waals surface area contributed by atoms with Gasteiger partial charge in [0.05, 0.1) is 0 Å². The Balaban J connectivity index is -0.000000376. The Bertz CT molecular complexity index is 511. The molecule has 1 amide bonds. The molecule has 0 rings (SSSR count). The molecule has 178 valence electrons. The zero-order valence-electron chi connectivity index (χ0n) is 20.6. The molecule has 0 aliphatic rings. The van der Waals surface area contributed by atoms with Crippen LogP contribution < -0.4 is 40.2 Å². The summed E-state index contributed by atoms with van der Waals surface area (Å²) in [6.07, 6.45) is 10.3. The Kier molecular flexibility index (Phi) is 26.1. The van der Waals surface area contributed by atoms with Crippen molar-refractivity contribution in [3.05, 3.63) is 0 Å². The number of amides is 1. The van der Waals surface area contributed by atoms with Crippen LogP contribution in [0.4, 0.5) is 0 Å². The van der Waals surface area contributed by atoms with Gasteiger partial charge in [0.2, 0.25) is 5.91 Å². The van der Waals surface area contributed by atoms with E-state index in [1.54, 1.807) is 14.0 Å². The fourth-order valence-corrected chi connectivity index (χ4v) is 2.51. The van der Waals surface area contributed by atoms with E-state index >= 15 is 0 Å². The van der Waals surface area contributed by atoms with E-state index in [2.05, 4.69) is 17.6 Å². The van der Waals surface area contributed by atoms with Gasteiger partial charge in [0.1, 0.15) is 12.1 Å². The molecule has 31 heavy (non-hydrogen) atoms. The summed E-state index contributed by atoms with van der Waals surface area (Å²) in [4.78, 5) is 43.0. The van der Waals surface area contributed by atoms with Crippen LogP contribution in [0, 0.1) is 0 Å². The van der Waals surface area contributed by atoms with Gasteiger partial charge < -0.3 is 27.4 Å². The summed E-state index contributed by atoms with van der Waals surface area (Å²) in [6, 6.07) is -1.54. The number of carbonyl (C=O) groups excluding carboxylic acids is 1. The molecule has 2 unspecified atom stereocenters. The average Bonchev–Trinajstić information content (AvgIpc) is 2.69. The van der Waals surface area contributed by atoms with E-state index in [1.807, 2.05) is 0 Å². The van der Waals surface area contributed by atoms with Gasteiger partial charge in [0, 0.05) is 12.8 Å². The van der Waals surface area contributed by atoms with Gasteiger partial charge in [-0.15, -0.1) is 0 Å². The number of nitrogens with one attached hydrogen (secondary N) is 2. The second-order valence-corrected chi connectivity index (χ2v) is 7.32. The minimum absolute atomic E-state index is 0. The van der Waals surface area contributed by atoms with E-state index in [4.69, 9.17) is 15.3 Å². The molecule has 0 aliphatic heterocycles. The van der Waals surface area contributed by atoms with Gasteiger partial charge in [0.25, 0.3) is 0 Å². The van der Waals surface area contributed by atoms with Crippen molar-refractivity contribution in [2.75, 3.05) is 7.05 Å². The summed E-state index contributed by atoms with van der Waals surface area (Å²) in [5.41, 5.74) is 0. The molecule has 0 aliphatic carbocycles. The molecule has 10 heteroatoms. The number of aliphatic carboxylic acids is 3. The summed E-state index contributed by atoms with van der Waals surface area (Å²) in [5, 5.41) is 30.6. The van der Waals surface area contributed by atoms with E-state index in [1.165, 1.54) is 38.5 Å². The van der Waals surface area contributed by atoms with Crippen LogP contribution in [0.15, 0.2) is 0 Å². The van der Waals surface area contributed by atoms with Crippen LogP contribution >= 0.6 is 0 Å². The molecule has 0 aromatic carbocycles. The van der Waals surface area contributed by atoms with Gasteiger partial charge in [-0.3, -0.25) is 14.4 Å². The first-order chi connectivity index (χ1) is 14.1. The van der Waals surface area contributed by atoms with Gasteiger partial charge in [-0.1, -0.05) is 58.3 Å². The maximum Gasteiger partial charge on any atom is 1.00 e. The van der Waals surface area contributed by atoms with Crippen LogP contribution in [0.2, 0.25) is 0 Å². The van der Waals surface area contributed by atoms with Crippen molar-refractivity contribution in [3.8, 4) is 0 Å². The summed E-state index contributed by atoms with van der Waals surface area (Å²) >= 11 is 0. The van der Waals surface area contributed by atoms with Crippen molar-refractivity contribution in [1.82, 2.24) is 10.6 Å². The summed E-state index contributed by atoms with van der Waals surface area (Å²) < 4.78 is 0. The summed E-state index contributed by atoms with van der Waals surface area (Å²) in [6.45, 7) is 3.78. The summed E-state index contributed by atoms with van der Waals surface area (Å²) in [5.74, 6) is -3.38. The average molecular weight is 457 g/mol. The topological polar surface area (TPSA) is 153 Å². The van der Waals surface area contributed by atoms with Gasteiger partial charge in [-0.2, -0.15) is 0 Å². The van der Waals surface area contributed by atoms with Crippen molar-refractivity contribution in [3.63, 3.8) is 0 Å². The SMILES string of the molecule is CCCCCCCCCCCC(=O)NC(CCC(=O)O)C(=O)O.CNC(C)C(=O)O.[H-].[Na+]. The maximum atomic E-state index is 11.7. The van der Waals surface area contributed by atoms with Crippen molar-refractivity contribution in [1.29, 1.82) is 0 Å². The number of rotatable bonds is 17. The van der Waals surface area contributed by atoms with Gasteiger partial charge in [0.15, 0.2) is 0 Å². The van der Waals surface area contributed by atoms with Crippen LogP contribution in [0.1, 0.15) is 92.3 Å². The molecule has 0 saturated heterocycles. The van der Waals surface area contributed by atoms with E-state index in [0.717, 1.165) is 19.3 Å². The van der Waals surface area contributed by atoms with E-state index in [-0.39, 0.29) is 49.7 Å². The first-order valence-corrected chi connectivity index (χ1v) is 10.8. The molecular weight excluding hydrogens is 415 g/mol. The quantitative estimate of drug-likeness (QED) is 0.153. The molecule has 0 aromatic heterocycles. The van der Waals surface area contributed by atoms with Crippen LogP contribution in [0.25, 0.3) is 0 Å². The van der Waals surface area contributed by atoms with E-state index in [0.29, 0.717) is 6.42 Å². The molecule has 0 radical (unpaired) electrons. The van der Waals surface area contributed by atoms with Gasteiger partial charge in [-0.25, -0.2) is 4.79 Å². The largest absolute Gasteiger partial charge is 1.00 e. The number of carboxylic acids is 3. The molecule has 0 heterocycles. The van der Waals surface area contributed by atoms with Crippen molar-refractivity contribution in [2.45, 2.75) is 103 Å². The third kappa shape index (κ3) is 25.0. The molecule has 2 atom stereocenters. The van der Waals surface area contributed by atoms with Crippen LogP contribution in [-0.4, -0.2) is 58.3 Å². The number of hydrogen-bond donors (Lipinski definition) is 5. The number of carbonyl (C=O) groups is 4. The predicted molar refractivity (Wildman–Crippen MR) is 116 cm³/mol. The molecular formula is C21H41N2NaO7. The number of likely N-dealkylation sites (N-methyl/N-ethyl adjacent to an activating group) is 1. The Labute approximate surface area is 209 Å². The fraction of sp³-hybridized carbons (Fsp3) is 0.810. The molecule has 0 spiro atoms. The second-order valence-electron chi connectivity index (χ2n) is 7.32. The summed E-state index contributed by atoms with van der Waals surface area (Å²) in [7, 11) is 1.61. The molecule has 0 aromatic rings. The number of hydrogen-bond acceptors (Lipinski definition) is 5. The smallest absolute Gasteiger partial charge is 1.00 e. The Morgan fingerprint density at radius 2 is 1.29 bits per heavy atom. The van der Waals surface area contributed by atoms with Crippen molar-refractivity contribution < 1.29 is 65.5 Å². The second kappa shape index (κ2) is 23.5. The first-order valence-electron chi connectivity index (χ1n) is 10.8. The van der Waals surface area contributed by atoms with Crippen molar-refractivity contribution >= 4 is 23.8 Å². The fourth-order valence-electron chi connectivity index (χ4n) is 2.51. The third-order valence-electron chi connectivity index (χ3n) is 4.59. The van der Waals surface area contributed by atoms with Gasteiger partial charge >= 0.3 is 47.5 Å². The van der Waals surface area contributed by atoms with Gasteiger partial charge in [-0.05, 0) is 26.8 Å². The Hall–Kier alpha value is -1.16. The standard InChI is InChI=1S/C17H31NO5.C4H9NO2.Na.H/c1-2-3-4-5-6-7-8-9-10-11-15(19)18-14(17(22)23)12-13-16(20)21;1-3(5-2)4(6)7;;/h14H,2-13H2,1H3,(H,18,19)(H,20,21)(H,22,23);3,5H,1-2H3,(H,6,7);;/q;;+1;-1. The predicted octanol–water partition coefficient (Wildman–Crippen LogP) is 0.137. The number of unbranched alkanes of at least 4 members (excludes halogenated alkanes) is 8. The van der Waals surface area contributed by atoms with Crippen LogP contribution in [0.3, 0.4) is 0 Å². The molecule has 0 bridgehead atoms. The zero-order valence-corrected chi connectivity index (χ0v) is 21.6. The van der Waals surface area contributed by atoms with E-state index < -0.39 is 30.0 Å². The molecule has 5 N–H and O–H groups in total.